The molecule has 0 unspecified atom stereocenters. The number of hydrogen-bond donors (Lipinski definition) is 1. The molecule has 4 nitrogen and oxygen atoms in total. The van der Waals surface area contributed by atoms with E-state index in [1.54, 1.807) is 12.1 Å². The molecule has 0 aliphatic heterocycles. The first kappa shape index (κ1) is 15.6. The highest BCUT2D eigenvalue weighted by Gasteiger charge is 2.00. The van der Waals surface area contributed by atoms with E-state index in [2.05, 4.69) is 0 Å². The minimum absolute atomic E-state index is 0.297. The molecule has 0 amide bonds. The third kappa shape index (κ3) is 5.23. The first-order chi connectivity index (χ1) is 10.3. The Hall–Kier alpha value is -1.81. The highest BCUT2D eigenvalue weighted by Crippen LogP contribution is 2.19. The Bertz CT molecular complexity index is 603. The molecular weight excluding hydrogens is 268 g/mol. The van der Waals surface area contributed by atoms with Gasteiger partial charge >= 0.3 is 5.63 Å². The normalized spacial score (nSPS) is 10.9. The van der Waals surface area contributed by atoms with E-state index in [9.17, 15) is 4.79 Å². The maximum absolute atomic E-state index is 11.1. The lowest BCUT2D eigenvalue weighted by Crippen LogP contribution is -1.98. The van der Waals surface area contributed by atoms with Gasteiger partial charge in [-0.25, -0.2) is 4.79 Å². The van der Waals surface area contributed by atoms with E-state index in [0.717, 1.165) is 36.8 Å². The predicted octanol–water partition coefficient (Wildman–Crippen LogP) is 3.50. The second-order valence-electron chi connectivity index (χ2n) is 5.15. The highest BCUT2D eigenvalue weighted by atomic mass is 16.5. The molecule has 0 spiro atoms. The fourth-order valence-corrected chi connectivity index (χ4v) is 2.25. The largest absolute Gasteiger partial charge is 0.494 e. The molecule has 0 saturated heterocycles. The zero-order valence-corrected chi connectivity index (χ0v) is 12.2. The predicted molar refractivity (Wildman–Crippen MR) is 82.8 cm³/mol. The Kier molecular flexibility index (Phi) is 6.28. The smallest absolute Gasteiger partial charge is 0.336 e. The van der Waals surface area contributed by atoms with Crippen LogP contribution in [0.2, 0.25) is 0 Å². The van der Waals surface area contributed by atoms with Crippen molar-refractivity contribution in [2.24, 2.45) is 0 Å². The molecule has 2 rings (SSSR count). The standard InChI is InChI=1S/C17H22O4/c18-11-5-3-1-2-4-6-12-20-15-8-9-16-14(13-15)7-10-17(19)21-16/h7-10,13,18H,1-6,11-12H2. The molecular formula is C17H22O4. The number of rotatable bonds is 9. The van der Waals surface area contributed by atoms with Gasteiger partial charge in [-0.1, -0.05) is 25.7 Å². The van der Waals surface area contributed by atoms with E-state index in [1.165, 1.54) is 18.9 Å². The molecule has 0 aliphatic rings. The van der Waals surface area contributed by atoms with Crippen LogP contribution < -0.4 is 10.4 Å². The van der Waals surface area contributed by atoms with Crippen molar-refractivity contribution in [2.75, 3.05) is 13.2 Å². The Morgan fingerprint density at radius 3 is 2.52 bits per heavy atom. The SMILES string of the molecule is O=c1ccc2cc(OCCCCCCCCO)ccc2o1. The first-order valence-electron chi connectivity index (χ1n) is 7.57. The average Bonchev–Trinajstić information content (AvgIpc) is 2.50. The van der Waals surface area contributed by atoms with Crippen LogP contribution in [-0.4, -0.2) is 18.3 Å². The highest BCUT2D eigenvalue weighted by molar-refractivity contribution is 5.77. The van der Waals surface area contributed by atoms with E-state index >= 15 is 0 Å². The van der Waals surface area contributed by atoms with E-state index in [-0.39, 0.29) is 5.63 Å². The summed E-state index contributed by atoms with van der Waals surface area (Å²) >= 11 is 0. The van der Waals surface area contributed by atoms with Crippen molar-refractivity contribution in [3.05, 3.63) is 40.8 Å². The second-order valence-corrected chi connectivity index (χ2v) is 5.15. The van der Waals surface area contributed by atoms with Crippen molar-refractivity contribution >= 4 is 11.0 Å². The molecule has 1 aromatic heterocycles. The number of fused-ring (bicyclic) bond motifs is 1. The topological polar surface area (TPSA) is 59.7 Å². The van der Waals surface area contributed by atoms with Gasteiger partial charge in [-0.2, -0.15) is 0 Å². The van der Waals surface area contributed by atoms with Gasteiger partial charge in [0.15, 0.2) is 0 Å². The quantitative estimate of drug-likeness (QED) is 0.567. The molecule has 4 heteroatoms. The third-order valence-corrected chi connectivity index (χ3v) is 3.41. The summed E-state index contributed by atoms with van der Waals surface area (Å²) in [4.78, 5) is 11.1. The van der Waals surface area contributed by atoms with Crippen molar-refractivity contribution < 1.29 is 14.3 Å². The van der Waals surface area contributed by atoms with E-state index in [1.807, 2.05) is 12.1 Å². The van der Waals surface area contributed by atoms with Gasteiger partial charge in [-0.15, -0.1) is 0 Å². The van der Waals surface area contributed by atoms with Gasteiger partial charge in [0, 0.05) is 18.1 Å². The Morgan fingerprint density at radius 2 is 1.71 bits per heavy atom. The minimum atomic E-state index is -0.336. The van der Waals surface area contributed by atoms with Gasteiger partial charge in [-0.3, -0.25) is 0 Å². The Morgan fingerprint density at radius 1 is 0.952 bits per heavy atom. The van der Waals surface area contributed by atoms with Crippen LogP contribution in [0.1, 0.15) is 38.5 Å². The van der Waals surface area contributed by atoms with Crippen LogP contribution in [0.3, 0.4) is 0 Å². The molecule has 2 aromatic rings. The van der Waals surface area contributed by atoms with Crippen molar-refractivity contribution in [3.8, 4) is 5.75 Å². The molecule has 0 aliphatic carbocycles. The number of aliphatic hydroxyl groups is 1. The van der Waals surface area contributed by atoms with Crippen molar-refractivity contribution in [2.45, 2.75) is 38.5 Å². The summed E-state index contributed by atoms with van der Waals surface area (Å²) in [7, 11) is 0. The molecule has 114 valence electrons. The molecule has 0 atom stereocenters. The van der Waals surface area contributed by atoms with Crippen molar-refractivity contribution in [3.63, 3.8) is 0 Å². The molecule has 1 heterocycles. The van der Waals surface area contributed by atoms with Gasteiger partial charge in [0.25, 0.3) is 0 Å². The molecule has 0 bridgehead atoms. The lowest BCUT2D eigenvalue weighted by atomic mass is 10.1. The Labute approximate surface area is 124 Å². The van der Waals surface area contributed by atoms with E-state index in [4.69, 9.17) is 14.3 Å². The first-order valence-corrected chi connectivity index (χ1v) is 7.57. The number of ether oxygens (including phenoxy) is 1. The molecule has 0 saturated carbocycles. The summed E-state index contributed by atoms with van der Waals surface area (Å²) in [5.74, 6) is 0.802. The van der Waals surface area contributed by atoms with Crippen molar-refractivity contribution in [1.29, 1.82) is 0 Å². The second kappa shape index (κ2) is 8.47. The van der Waals surface area contributed by atoms with Gasteiger partial charge in [0.1, 0.15) is 11.3 Å². The zero-order chi connectivity index (χ0) is 14.9. The third-order valence-electron chi connectivity index (χ3n) is 3.41. The van der Waals surface area contributed by atoms with Gasteiger partial charge < -0.3 is 14.3 Å². The van der Waals surface area contributed by atoms with Crippen LogP contribution in [-0.2, 0) is 0 Å². The zero-order valence-electron chi connectivity index (χ0n) is 12.2. The summed E-state index contributed by atoms with van der Waals surface area (Å²) in [6, 6.07) is 8.64. The van der Waals surface area contributed by atoms with Crippen LogP contribution >= 0.6 is 0 Å². The van der Waals surface area contributed by atoms with Gasteiger partial charge in [0.05, 0.1) is 6.61 Å². The maximum Gasteiger partial charge on any atom is 0.336 e. The molecule has 21 heavy (non-hydrogen) atoms. The molecule has 0 radical (unpaired) electrons. The fourth-order valence-electron chi connectivity index (χ4n) is 2.25. The van der Waals surface area contributed by atoms with Gasteiger partial charge in [-0.05, 0) is 37.1 Å². The molecule has 1 aromatic carbocycles. The average molecular weight is 290 g/mol. The number of unbranched alkanes of at least 4 members (excludes halogenated alkanes) is 5. The van der Waals surface area contributed by atoms with Crippen LogP contribution in [0, 0.1) is 0 Å². The molecule has 1 N–H and O–H groups in total. The summed E-state index contributed by atoms with van der Waals surface area (Å²) in [6.45, 7) is 0.994. The summed E-state index contributed by atoms with van der Waals surface area (Å²) in [5, 5.41) is 9.55. The fraction of sp³-hybridized carbons (Fsp3) is 0.471. The number of benzene rings is 1. The Balaban J connectivity index is 1.71. The van der Waals surface area contributed by atoms with Crippen LogP contribution in [0.15, 0.2) is 39.5 Å². The van der Waals surface area contributed by atoms with E-state index < -0.39 is 0 Å². The summed E-state index contributed by atoms with van der Waals surface area (Å²) < 4.78 is 10.8. The van der Waals surface area contributed by atoms with E-state index in [0.29, 0.717) is 18.8 Å². The van der Waals surface area contributed by atoms with Crippen LogP contribution in [0.4, 0.5) is 0 Å². The lowest BCUT2D eigenvalue weighted by Gasteiger charge is -2.07. The van der Waals surface area contributed by atoms with Crippen LogP contribution in [0.25, 0.3) is 11.0 Å². The minimum Gasteiger partial charge on any atom is -0.494 e. The van der Waals surface area contributed by atoms with Crippen LogP contribution in [0.5, 0.6) is 5.75 Å². The number of hydrogen-bond acceptors (Lipinski definition) is 4. The monoisotopic (exact) mass is 290 g/mol. The lowest BCUT2D eigenvalue weighted by molar-refractivity contribution is 0.280. The van der Waals surface area contributed by atoms with Crippen molar-refractivity contribution in [1.82, 2.24) is 0 Å². The number of aliphatic hydroxyl groups excluding tert-OH is 1. The maximum atomic E-state index is 11.1. The van der Waals surface area contributed by atoms with Gasteiger partial charge in [0.2, 0.25) is 0 Å². The summed E-state index contributed by atoms with van der Waals surface area (Å²) in [5.41, 5.74) is 0.246. The summed E-state index contributed by atoms with van der Waals surface area (Å²) in [6.07, 6.45) is 6.55. The molecule has 0 fully saturated rings.